The second-order valence-electron chi connectivity index (χ2n) is 6.18. The summed E-state index contributed by atoms with van der Waals surface area (Å²) in [5.41, 5.74) is 1.39. The van der Waals surface area contributed by atoms with Crippen molar-refractivity contribution < 1.29 is 5.11 Å². The molecule has 0 aliphatic carbocycles. The van der Waals surface area contributed by atoms with E-state index >= 15 is 0 Å². The van der Waals surface area contributed by atoms with E-state index < -0.39 is 0 Å². The summed E-state index contributed by atoms with van der Waals surface area (Å²) in [6, 6.07) is 24.2. The van der Waals surface area contributed by atoms with E-state index in [1.54, 1.807) is 0 Å². The maximum absolute atomic E-state index is 9.05. The molecule has 0 aliphatic heterocycles. The minimum absolute atomic E-state index is 0.274. The van der Waals surface area contributed by atoms with Crippen LogP contribution < -0.4 is 0 Å². The van der Waals surface area contributed by atoms with Crippen LogP contribution in [-0.4, -0.2) is 11.7 Å². The summed E-state index contributed by atoms with van der Waals surface area (Å²) in [6.45, 7) is 0.274. The fraction of sp³-hybridized carbons (Fsp3) is 0.182. The van der Waals surface area contributed by atoms with Gasteiger partial charge in [0.25, 0.3) is 0 Å². The second-order valence-corrected chi connectivity index (χ2v) is 6.18. The first kappa shape index (κ1) is 14.2. The fourth-order valence-electron chi connectivity index (χ4n) is 3.51. The summed E-state index contributed by atoms with van der Waals surface area (Å²) in [6.07, 6.45) is 2.91. The van der Waals surface area contributed by atoms with Gasteiger partial charge in [0.2, 0.25) is 0 Å². The molecule has 0 amide bonds. The van der Waals surface area contributed by atoms with Gasteiger partial charge in [0, 0.05) is 6.61 Å². The van der Waals surface area contributed by atoms with Crippen LogP contribution >= 0.6 is 0 Å². The van der Waals surface area contributed by atoms with Crippen LogP contribution in [0, 0.1) is 0 Å². The number of benzene rings is 4. The third kappa shape index (κ3) is 2.58. The molecule has 1 heteroatoms. The molecule has 0 heterocycles. The molecule has 23 heavy (non-hydrogen) atoms. The van der Waals surface area contributed by atoms with Gasteiger partial charge in [-0.25, -0.2) is 0 Å². The standard InChI is InChI=1S/C22H20O/c23-13-4-3-6-16-9-5-10-17-11-12-20-14-18-7-1-2-8-19(18)15-21(20)22(16)17/h1-2,5,7-12,14-15,23H,3-4,6,13H2. The Kier molecular flexibility index (Phi) is 3.72. The van der Waals surface area contributed by atoms with Crippen LogP contribution in [0.5, 0.6) is 0 Å². The number of aryl methyl sites for hydroxylation is 1. The monoisotopic (exact) mass is 300 g/mol. The average molecular weight is 300 g/mol. The van der Waals surface area contributed by atoms with Crippen molar-refractivity contribution in [1.82, 2.24) is 0 Å². The third-order valence-electron chi connectivity index (χ3n) is 4.67. The van der Waals surface area contributed by atoms with E-state index in [1.165, 1.54) is 37.9 Å². The van der Waals surface area contributed by atoms with Crippen molar-refractivity contribution >= 4 is 32.3 Å². The zero-order valence-electron chi connectivity index (χ0n) is 13.1. The Labute approximate surface area is 136 Å². The highest BCUT2D eigenvalue weighted by molar-refractivity contribution is 6.13. The number of unbranched alkanes of at least 4 members (excludes halogenated alkanes) is 1. The van der Waals surface area contributed by atoms with Gasteiger partial charge in [-0.3, -0.25) is 0 Å². The molecule has 4 rings (SSSR count). The van der Waals surface area contributed by atoms with Gasteiger partial charge in [-0.05, 0) is 69.3 Å². The number of rotatable bonds is 4. The highest BCUT2D eigenvalue weighted by Gasteiger charge is 2.07. The largest absolute Gasteiger partial charge is 0.396 e. The first-order valence-electron chi connectivity index (χ1n) is 8.31. The van der Waals surface area contributed by atoms with Gasteiger partial charge < -0.3 is 5.11 Å². The van der Waals surface area contributed by atoms with E-state index in [0.717, 1.165) is 19.3 Å². The molecule has 0 saturated heterocycles. The minimum Gasteiger partial charge on any atom is -0.396 e. The first-order chi connectivity index (χ1) is 11.4. The lowest BCUT2D eigenvalue weighted by Crippen LogP contribution is -1.91. The molecule has 0 fully saturated rings. The Hall–Kier alpha value is -2.38. The third-order valence-corrected chi connectivity index (χ3v) is 4.67. The molecular formula is C22H20O. The fourth-order valence-corrected chi connectivity index (χ4v) is 3.51. The van der Waals surface area contributed by atoms with Gasteiger partial charge >= 0.3 is 0 Å². The van der Waals surface area contributed by atoms with E-state index in [2.05, 4.69) is 66.7 Å². The maximum Gasteiger partial charge on any atom is 0.0431 e. The van der Waals surface area contributed by atoms with Crippen LogP contribution in [0.1, 0.15) is 18.4 Å². The molecular weight excluding hydrogens is 280 g/mol. The van der Waals surface area contributed by atoms with Crippen molar-refractivity contribution in [1.29, 1.82) is 0 Å². The number of hydrogen-bond donors (Lipinski definition) is 1. The molecule has 0 atom stereocenters. The number of aliphatic hydroxyl groups is 1. The molecule has 4 aromatic rings. The molecule has 0 saturated carbocycles. The number of hydrogen-bond acceptors (Lipinski definition) is 1. The lowest BCUT2D eigenvalue weighted by Gasteiger charge is -2.11. The molecule has 0 aromatic heterocycles. The molecule has 0 bridgehead atoms. The minimum atomic E-state index is 0.274. The van der Waals surface area contributed by atoms with E-state index in [-0.39, 0.29) is 6.61 Å². The summed E-state index contributed by atoms with van der Waals surface area (Å²) in [5.74, 6) is 0. The van der Waals surface area contributed by atoms with Crippen molar-refractivity contribution in [2.75, 3.05) is 6.61 Å². The topological polar surface area (TPSA) is 20.2 Å². The summed E-state index contributed by atoms with van der Waals surface area (Å²) in [5, 5.41) is 16.9. The predicted octanol–water partition coefficient (Wildman–Crippen LogP) is 5.46. The molecule has 1 N–H and O–H groups in total. The van der Waals surface area contributed by atoms with Crippen molar-refractivity contribution in [3.8, 4) is 0 Å². The highest BCUT2D eigenvalue weighted by Crippen LogP contribution is 2.32. The van der Waals surface area contributed by atoms with E-state index in [1.807, 2.05) is 0 Å². The van der Waals surface area contributed by atoms with Crippen LogP contribution in [0.2, 0.25) is 0 Å². The Morgan fingerprint density at radius 1 is 0.652 bits per heavy atom. The van der Waals surface area contributed by atoms with Crippen LogP contribution in [0.4, 0.5) is 0 Å². The molecule has 4 aromatic carbocycles. The van der Waals surface area contributed by atoms with Gasteiger partial charge in [0.15, 0.2) is 0 Å². The number of aliphatic hydroxyl groups excluding tert-OH is 1. The van der Waals surface area contributed by atoms with Crippen LogP contribution in [-0.2, 0) is 6.42 Å². The van der Waals surface area contributed by atoms with Crippen molar-refractivity contribution in [2.24, 2.45) is 0 Å². The number of fused-ring (bicyclic) bond motifs is 4. The van der Waals surface area contributed by atoms with E-state index in [0.29, 0.717) is 0 Å². The van der Waals surface area contributed by atoms with Crippen LogP contribution in [0.3, 0.4) is 0 Å². The first-order valence-corrected chi connectivity index (χ1v) is 8.31. The van der Waals surface area contributed by atoms with Crippen molar-refractivity contribution in [3.63, 3.8) is 0 Å². The Morgan fingerprint density at radius 3 is 2.22 bits per heavy atom. The molecule has 1 nitrogen and oxygen atoms in total. The Bertz CT molecular complexity index is 985. The van der Waals surface area contributed by atoms with Crippen molar-refractivity contribution in [3.05, 3.63) is 72.3 Å². The average Bonchev–Trinajstić information content (AvgIpc) is 2.60. The van der Waals surface area contributed by atoms with Gasteiger partial charge in [0.1, 0.15) is 0 Å². The van der Waals surface area contributed by atoms with Crippen LogP contribution in [0.25, 0.3) is 32.3 Å². The Morgan fingerprint density at radius 2 is 1.39 bits per heavy atom. The zero-order valence-corrected chi connectivity index (χ0v) is 13.1. The van der Waals surface area contributed by atoms with Crippen molar-refractivity contribution in [2.45, 2.75) is 19.3 Å². The summed E-state index contributed by atoms with van der Waals surface area (Å²) < 4.78 is 0. The Balaban J connectivity index is 1.99. The van der Waals surface area contributed by atoms with Crippen LogP contribution in [0.15, 0.2) is 66.7 Å². The SMILES string of the molecule is OCCCCc1cccc2ccc3cc4ccccc4cc3c12. The van der Waals surface area contributed by atoms with Gasteiger partial charge in [-0.15, -0.1) is 0 Å². The lowest BCUT2D eigenvalue weighted by molar-refractivity contribution is 0.284. The quantitative estimate of drug-likeness (QED) is 0.301. The predicted molar refractivity (Wildman–Crippen MR) is 99.0 cm³/mol. The lowest BCUT2D eigenvalue weighted by atomic mass is 9.93. The van der Waals surface area contributed by atoms with Gasteiger partial charge in [-0.1, -0.05) is 54.6 Å². The summed E-state index contributed by atoms with van der Waals surface area (Å²) >= 11 is 0. The molecule has 0 unspecified atom stereocenters. The van der Waals surface area contributed by atoms with Gasteiger partial charge in [0.05, 0.1) is 0 Å². The summed E-state index contributed by atoms with van der Waals surface area (Å²) in [4.78, 5) is 0. The van der Waals surface area contributed by atoms with Gasteiger partial charge in [-0.2, -0.15) is 0 Å². The molecule has 0 radical (unpaired) electrons. The second kappa shape index (κ2) is 6.02. The molecule has 114 valence electrons. The highest BCUT2D eigenvalue weighted by atomic mass is 16.2. The summed E-state index contributed by atoms with van der Waals surface area (Å²) in [7, 11) is 0. The smallest absolute Gasteiger partial charge is 0.0431 e. The normalized spacial score (nSPS) is 11.5. The maximum atomic E-state index is 9.05. The molecule has 0 aliphatic rings. The van der Waals surface area contributed by atoms with E-state index in [9.17, 15) is 0 Å². The zero-order chi connectivity index (χ0) is 15.6. The van der Waals surface area contributed by atoms with E-state index in [4.69, 9.17) is 5.11 Å². The molecule has 0 spiro atoms.